The number of aliphatic hydroxyl groups excluding tert-OH is 1. The minimum Gasteiger partial charge on any atom is -0.392 e. The van der Waals surface area contributed by atoms with Gasteiger partial charge in [-0.3, -0.25) is 9.59 Å². The number of halogens is 1. The van der Waals surface area contributed by atoms with Gasteiger partial charge in [0, 0.05) is 21.4 Å². The Morgan fingerprint density at radius 3 is 2.35 bits per heavy atom. The van der Waals surface area contributed by atoms with E-state index < -0.39 is 6.10 Å². The molecule has 0 heterocycles. The second-order valence-corrected chi connectivity index (χ2v) is 6.23. The van der Waals surface area contributed by atoms with Gasteiger partial charge in [-0.25, -0.2) is 0 Å². The van der Waals surface area contributed by atoms with E-state index in [0.29, 0.717) is 16.8 Å². The van der Waals surface area contributed by atoms with Crippen LogP contribution in [0.25, 0.3) is 0 Å². The molecule has 0 fully saturated rings. The number of anilines is 1. The van der Waals surface area contributed by atoms with Crippen LogP contribution in [-0.2, 0) is 0 Å². The van der Waals surface area contributed by atoms with E-state index in [1.54, 1.807) is 37.3 Å². The molecule has 1 atom stereocenters. The topological polar surface area (TPSA) is 78.4 Å². The number of nitrogens with one attached hydrogen (secondary N) is 2. The van der Waals surface area contributed by atoms with E-state index in [1.807, 2.05) is 18.2 Å². The molecule has 2 rings (SSSR count). The van der Waals surface area contributed by atoms with E-state index in [2.05, 4.69) is 33.2 Å². The van der Waals surface area contributed by atoms with Crippen molar-refractivity contribution in [1.29, 1.82) is 0 Å². The zero-order valence-electron chi connectivity index (χ0n) is 12.5. The maximum Gasteiger partial charge on any atom is 0.256 e. The molecule has 5 nitrogen and oxygen atoms in total. The summed E-state index contributed by atoms with van der Waals surface area (Å²) in [6.07, 6.45) is -0.592. The highest BCUT2D eigenvalue weighted by atomic mass is 127. The molecule has 0 saturated carbocycles. The lowest BCUT2D eigenvalue weighted by Crippen LogP contribution is -2.30. The standard InChI is InChI=1S/C17H17IN2O3/c1-11(21)10-19-16(22)12-6-8-13(9-7-12)20-17(23)14-4-2-3-5-15(14)18/h2-9,11,21H,10H2,1H3,(H,19,22)(H,20,23). The first-order chi connectivity index (χ1) is 11.0. The summed E-state index contributed by atoms with van der Waals surface area (Å²) < 4.78 is 0.872. The SMILES string of the molecule is CC(O)CNC(=O)c1ccc(NC(=O)c2ccccc2I)cc1. The van der Waals surface area contributed by atoms with Crippen LogP contribution in [0.3, 0.4) is 0 Å². The Kier molecular flexibility index (Phi) is 6.12. The summed E-state index contributed by atoms with van der Waals surface area (Å²) in [6.45, 7) is 1.80. The molecule has 23 heavy (non-hydrogen) atoms. The number of carbonyl (C=O) groups is 2. The van der Waals surface area contributed by atoms with Crippen LogP contribution >= 0.6 is 22.6 Å². The van der Waals surface area contributed by atoms with Crippen LogP contribution in [0.5, 0.6) is 0 Å². The second kappa shape index (κ2) is 8.07. The predicted octanol–water partition coefficient (Wildman–Crippen LogP) is 2.65. The van der Waals surface area contributed by atoms with Gasteiger partial charge in [0.05, 0.1) is 11.7 Å². The Hall–Kier alpha value is -1.93. The van der Waals surface area contributed by atoms with Gasteiger partial charge < -0.3 is 15.7 Å². The van der Waals surface area contributed by atoms with Gasteiger partial charge in [-0.2, -0.15) is 0 Å². The Balaban J connectivity index is 2.01. The molecule has 0 aliphatic rings. The molecule has 0 bridgehead atoms. The number of hydrogen-bond acceptors (Lipinski definition) is 3. The molecule has 2 amide bonds. The van der Waals surface area contributed by atoms with Crippen LogP contribution in [0.2, 0.25) is 0 Å². The molecule has 0 aliphatic carbocycles. The van der Waals surface area contributed by atoms with Gasteiger partial charge >= 0.3 is 0 Å². The van der Waals surface area contributed by atoms with Gasteiger partial charge in [-0.05, 0) is 65.9 Å². The molecule has 0 spiro atoms. The monoisotopic (exact) mass is 424 g/mol. The highest BCUT2D eigenvalue weighted by Crippen LogP contribution is 2.15. The van der Waals surface area contributed by atoms with E-state index in [4.69, 9.17) is 5.11 Å². The molecule has 3 N–H and O–H groups in total. The quantitative estimate of drug-likeness (QED) is 0.646. The van der Waals surface area contributed by atoms with Crippen LogP contribution in [0.1, 0.15) is 27.6 Å². The predicted molar refractivity (Wildman–Crippen MR) is 97.6 cm³/mol. The smallest absolute Gasteiger partial charge is 0.256 e. The molecule has 1 unspecified atom stereocenters. The van der Waals surface area contributed by atoms with Crippen molar-refractivity contribution in [1.82, 2.24) is 5.32 Å². The molecule has 0 radical (unpaired) electrons. The van der Waals surface area contributed by atoms with Crippen molar-refractivity contribution < 1.29 is 14.7 Å². The first-order valence-electron chi connectivity index (χ1n) is 7.09. The van der Waals surface area contributed by atoms with Crippen molar-refractivity contribution in [3.8, 4) is 0 Å². The lowest BCUT2D eigenvalue weighted by molar-refractivity contribution is 0.0923. The fourth-order valence-corrected chi connectivity index (χ4v) is 2.52. The molecule has 0 aliphatic heterocycles. The fourth-order valence-electron chi connectivity index (χ4n) is 1.89. The highest BCUT2D eigenvalue weighted by molar-refractivity contribution is 14.1. The summed E-state index contributed by atoms with van der Waals surface area (Å²) in [5.74, 6) is -0.456. The first kappa shape index (κ1) is 17.4. The highest BCUT2D eigenvalue weighted by Gasteiger charge is 2.10. The Morgan fingerprint density at radius 1 is 1.09 bits per heavy atom. The zero-order chi connectivity index (χ0) is 16.8. The van der Waals surface area contributed by atoms with Gasteiger partial charge in [0.15, 0.2) is 0 Å². The van der Waals surface area contributed by atoms with Crippen molar-refractivity contribution in [2.45, 2.75) is 13.0 Å². The first-order valence-corrected chi connectivity index (χ1v) is 8.17. The number of benzene rings is 2. The Labute approximate surface area is 148 Å². The van der Waals surface area contributed by atoms with Crippen molar-refractivity contribution in [3.63, 3.8) is 0 Å². The van der Waals surface area contributed by atoms with E-state index in [-0.39, 0.29) is 18.4 Å². The summed E-state index contributed by atoms with van der Waals surface area (Å²) in [5.41, 5.74) is 1.69. The summed E-state index contributed by atoms with van der Waals surface area (Å²) in [5, 5.41) is 14.6. The van der Waals surface area contributed by atoms with E-state index in [0.717, 1.165) is 3.57 Å². The summed E-state index contributed by atoms with van der Waals surface area (Å²) in [6, 6.07) is 13.9. The minimum absolute atomic E-state index is 0.193. The third-order valence-corrected chi connectivity index (χ3v) is 4.02. The van der Waals surface area contributed by atoms with E-state index >= 15 is 0 Å². The van der Waals surface area contributed by atoms with Crippen LogP contribution < -0.4 is 10.6 Å². The van der Waals surface area contributed by atoms with Crippen molar-refractivity contribution in [3.05, 3.63) is 63.2 Å². The van der Waals surface area contributed by atoms with Crippen LogP contribution in [0, 0.1) is 3.57 Å². The number of aliphatic hydroxyl groups is 1. The Bertz CT molecular complexity index is 699. The molecule has 0 saturated heterocycles. The molecule has 0 aromatic heterocycles. The van der Waals surface area contributed by atoms with E-state index in [1.165, 1.54) is 0 Å². The largest absolute Gasteiger partial charge is 0.392 e. The second-order valence-electron chi connectivity index (χ2n) is 5.07. The molecular weight excluding hydrogens is 407 g/mol. The lowest BCUT2D eigenvalue weighted by atomic mass is 10.1. The van der Waals surface area contributed by atoms with Gasteiger partial charge in [0.2, 0.25) is 0 Å². The summed E-state index contributed by atoms with van der Waals surface area (Å²) in [4.78, 5) is 24.0. The fraction of sp³-hybridized carbons (Fsp3) is 0.176. The Morgan fingerprint density at radius 2 is 1.74 bits per heavy atom. The lowest BCUT2D eigenvalue weighted by Gasteiger charge is -2.09. The summed E-state index contributed by atoms with van der Waals surface area (Å²) in [7, 11) is 0. The number of amides is 2. The number of rotatable bonds is 5. The average Bonchev–Trinajstić information content (AvgIpc) is 2.53. The average molecular weight is 424 g/mol. The van der Waals surface area contributed by atoms with Gasteiger partial charge in [-0.1, -0.05) is 12.1 Å². The zero-order valence-corrected chi connectivity index (χ0v) is 14.7. The molecule has 6 heteroatoms. The van der Waals surface area contributed by atoms with Crippen molar-refractivity contribution >= 4 is 40.1 Å². The number of carbonyl (C=O) groups excluding carboxylic acids is 2. The van der Waals surface area contributed by atoms with Crippen molar-refractivity contribution in [2.75, 3.05) is 11.9 Å². The number of hydrogen-bond donors (Lipinski definition) is 3. The summed E-state index contributed by atoms with van der Waals surface area (Å²) >= 11 is 2.11. The normalized spacial score (nSPS) is 11.6. The molecule has 120 valence electrons. The van der Waals surface area contributed by atoms with Gasteiger partial charge in [0.1, 0.15) is 0 Å². The van der Waals surface area contributed by atoms with Crippen LogP contribution in [-0.4, -0.2) is 29.6 Å². The minimum atomic E-state index is -0.592. The van der Waals surface area contributed by atoms with Crippen molar-refractivity contribution in [2.24, 2.45) is 0 Å². The third kappa shape index (κ3) is 5.04. The molecular formula is C17H17IN2O3. The van der Waals surface area contributed by atoms with Crippen LogP contribution in [0.15, 0.2) is 48.5 Å². The molecule has 2 aromatic rings. The van der Waals surface area contributed by atoms with Gasteiger partial charge in [-0.15, -0.1) is 0 Å². The van der Waals surface area contributed by atoms with Gasteiger partial charge in [0.25, 0.3) is 11.8 Å². The molecule has 2 aromatic carbocycles. The third-order valence-electron chi connectivity index (χ3n) is 3.08. The maximum atomic E-state index is 12.2. The maximum absolute atomic E-state index is 12.2. The van der Waals surface area contributed by atoms with E-state index in [9.17, 15) is 9.59 Å². The van der Waals surface area contributed by atoms with Crippen LogP contribution in [0.4, 0.5) is 5.69 Å².